The number of nitrogens with two attached hydrogens (primary N) is 1. The van der Waals surface area contributed by atoms with Gasteiger partial charge in [-0.2, -0.15) is 0 Å². The number of aliphatic hydroxyl groups is 1. The van der Waals surface area contributed by atoms with Crippen molar-refractivity contribution in [1.29, 1.82) is 0 Å². The van der Waals surface area contributed by atoms with Crippen LogP contribution in [0.3, 0.4) is 0 Å². The molecule has 2 atom stereocenters. The molecule has 0 spiro atoms. The van der Waals surface area contributed by atoms with E-state index in [9.17, 15) is 5.11 Å². The third-order valence-corrected chi connectivity index (χ3v) is 3.01. The van der Waals surface area contributed by atoms with Crippen molar-refractivity contribution >= 4 is 10.9 Å². The van der Waals surface area contributed by atoms with Gasteiger partial charge in [-0.3, -0.25) is 0 Å². The maximum Gasteiger partial charge on any atom is 0.0755 e. The second-order valence-electron chi connectivity index (χ2n) is 4.58. The molecule has 0 bridgehead atoms. The molecule has 0 saturated carbocycles. The van der Waals surface area contributed by atoms with Crippen molar-refractivity contribution < 1.29 is 5.11 Å². The van der Waals surface area contributed by atoms with Crippen LogP contribution in [0.15, 0.2) is 30.5 Å². The number of benzene rings is 1. The number of fused-ring (bicyclic) bond motifs is 1. The molecule has 0 saturated heterocycles. The van der Waals surface area contributed by atoms with Crippen LogP contribution in [0.25, 0.3) is 10.9 Å². The van der Waals surface area contributed by atoms with E-state index in [1.54, 1.807) is 0 Å². The van der Waals surface area contributed by atoms with Crippen molar-refractivity contribution in [3.05, 3.63) is 36.0 Å². The third kappa shape index (κ3) is 1.96. The second-order valence-corrected chi connectivity index (χ2v) is 4.58. The predicted octanol–water partition coefficient (Wildman–Crippen LogP) is 2.18. The highest BCUT2D eigenvalue weighted by atomic mass is 16.3. The molecule has 0 aliphatic carbocycles. The van der Waals surface area contributed by atoms with E-state index in [1.165, 1.54) is 0 Å². The number of nitrogens with one attached hydrogen (secondary N) is 1. The van der Waals surface area contributed by atoms with Gasteiger partial charge in [0.1, 0.15) is 0 Å². The van der Waals surface area contributed by atoms with E-state index in [4.69, 9.17) is 5.73 Å². The standard InChI is InChI=1S/C13H18N2O/c1-8(2)13(16)12(14)10-3-4-11-9(7-10)5-6-15-11/h3-8,12-13,15-16H,14H2,1-2H3/t12-,13+/m1/s1. The minimum atomic E-state index is -0.503. The normalized spacial score (nSPS) is 15.6. The van der Waals surface area contributed by atoms with Crippen molar-refractivity contribution in [2.24, 2.45) is 11.7 Å². The van der Waals surface area contributed by atoms with Crippen LogP contribution in [-0.4, -0.2) is 16.2 Å². The van der Waals surface area contributed by atoms with Gasteiger partial charge in [0, 0.05) is 11.7 Å². The summed E-state index contributed by atoms with van der Waals surface area (Å²) in [6.45, 7) is 3.94. The van der Waals surface area contributed by atoms with Crippen molar-refractivity contribution in [3.63, 3.8) is 0 Å². The summed E-state index contributed by atoms with van der Waals surface area (Å²) in [4.78, 5) is 3.13. The van der Waals surface area contributed by atoms with E-state index in [1.807, 2.05) is 44.3 Å². The number of aromatic amines is 1. The van der Waals surface area contributed by atoms with Gasteiger partial charge < -0.3 is 15.8 Å². The van der Waals surface area contributed by atoms with Gasteiger partial charge in [-0.15, -0.1) is 0 Å². The van der Waals surface area contributed by atoms with E-state index in [-0.39, 0.29) is 12.0 Å². The molecule has 1 aromatic heterocycles. The lowest BCUT2D eigenvalue weighted by Crippen LogP contribution is -2.30. The molecule has 2 aromatic rings. The number of hydrogen-bond donors (Lipinski definition) is 3. The van der Waals surface area contributed by atoms with Crippen LogP contribution in [0.5, 0.6) is 0 Å². The van der Waals surface area contributed by atoms with Crippen LogP contribution in [0, 0.1) is 5.92 Å². The molecular weight excluding hydrogens is 200 g/mol. The van der Waals surface area contributed by atoms with Gasteiger partial charge in [0.05, 0.1) is 12.1 Å². The smallest absolute Gasteiger partial charge is 0.0755 e. The fourth-order valence-electron chi connectivity index (χ4n) is 1.89. The van der Waals surface area contributed by atoms with Crippen LogP contribution in [0.1, 0.15) is 25.5 Å². The zero-order valence-corrected chi connectivity index (χ0v) is 9.64. The number of aromatic nitrogens is 1. The second kappa shape index (κ2) is 4.28. The van der Waals surface area contributed by atoms with Crippen molar-refractivity contribution in [3.8, 4) is 0 Å². The molecule has 0 amide bonds. The predicted molar refractivity (Wildman–Crippen MR) is 66.1 cm³/mol. The van der Waals surface area contributed by atoms with Crippen LogP contribution >= 0.6 is 0 Å². The van der Waals surface area contributed by atoms with Crippen molar-refractivity contribution in [2.75, 3.05) is 0 Å². The molecule has 0 radical (unpaired) electrons. The lowest BCUT2D eigenvalue weighted by molar-refractivity contribution is 0.0980. The van der Waals surface area contributed by atoms with E-state index in [0.29, 0.717) is 0 Å². The lowest BCUT2D eigenvalue weighted by Gasteiger charge is -2.22. The Labute approximate surface area is 95.3 Å². The summed E-state index contributed by atoms with van der Waals surface area (Å²) < 4.78 is 0. The van der Waals surface area contributed by atoms with Gasteiger partial charge in [-0.05, 0) is 35.1 Å². The molecule has 2 rings (SSSR count). The van der Waals surface area contributed by atoms with Crippen molar-refractivity contribution in [1.82, 2.24) is 4.98 Å². The topological polar surface area (TPSA) is 62.0 Å². The van der Waals surface area contributed by atoms with E-state index >= 15 is 0 Å². The monoisotopic (exact) mass is 218 g/mol. The largest absolute Gasteiger partial charge is 0.391 e. The first-order chi connectivity index (χ1) is 7.59. The maximum atomic E-state index is 9.94. The van der Waals surface area contributed by atoms with Crippen LogP contribution in [-0.2, 0) is 0 Å². The molecule has 0 aliphatic rings. The molecule has 16 heavy (non-hydrogen) atoms. The summed E-state index contributed by atoms with van der Waals surface area (Å²) in [6.07, 6.45) is 1.40. The Balaban J connectivity index is 2.32. The molecule has 0 fully saturated rings. The number of aliphatic hydroxyl groups excluding tert-OH is 1. The highest BCUT2D eigenvalue weighted by Gasteiger charge is 2.20. The van der Waals surface area contributed by atoms with Crippen LogP contribution < -0.4 is 5.73 Å². The van der Waals surface area contributed by atoms with Gasteiger partial charge in [-0.25, -0.2) is 0 Å². The van der Waals surface area contributed by atoms with Gasteiger partial charge in [0.2, 0.25) is 0 Å². The summed E-state index contributed by atoms with van der Waals surface area (Å²) in [5.74, 6) is 0.164. The molecule has 0 unspecified atom stereocenters. The highest BCUT2D eigenvalue weighted by Crippen LogP contribution is 2.23. The Kier molecular flexibility index (Phi) is 2.99. The Morgan fingerprint density at radius 1 is 1.25 bits per heavy atom. The van der Waals surface area contributed by atoms with Gasteiger partial charge in [0.25, 0.3) is 0 Å². The molecular formula is C13H18N2O. The summed E-state index contributed by atoms with van der Waals surface area (Å²) in [6, 6.07) is 7.68. The Morgan fingerprint density at radius 3 is 2.69 bits per heavy atom. The summed E-state index contributed by atoms with van der Waals surface area (Å²) in [7, 11) is 0. The maximum absolute atomic E-state index is 9.94. The minimum absolute atomic E-state index is 0.164. The van der Waals surface area contributed by atoms with Crippen LogP contribution in [0.4, 0.5) is 0 Å². The summed E-state index contributed by atoms with van der Waals surface area (Å²) >= 11 is 0. The molecule has 4 N–H and O–H groups in total. The fourth-order valence-corrected chi connectivity index (χ4v) is 1.89. The summed E-state index contributed by atoms with van der Waals surface area (Å²) in [5, 5.41) is 11.1. The first-order valence-corrected chi connectivity index (χ1v) is 5.60. The van der Waals surface area contributed by atoms with Gasteiger partial charge in [-0.1, -0.05) is 19.9 Å². The number of hydrogen-bond acceptors (Lipinski definition) is 2. The molecule has 86 valence electrons. The number of H-pyrrole nitrogens is 1. The average molecular weight is 218 g/mol. The molecule has 3 nitrogen and oxygen atoms in total. The zero-order valence-electron chi connectivity index (χ0n) is 9.64. The Morgan fingerprint density at radius 2 is 2.00 bits per heavy atom. The zero-order chi connectivity index (χ0) is 11.7. The quantitative estimate of drug-likeness (QED) is 0.739. The van der Waals surface area contributed by atoms with E-state index < -0.39 is 6.10 Å². The first kappa shape index (κ1) is 11.2. The van der Waals surface area contributed by atoms with E-state index in [2.05, 4.69) is 4.98 Å². The molecule has 1 aromatic carbocycles. The average Bonchev–Trinajstić information content (AvgIpc) is 2.73. The SMILES string of the molecule is CC(C)[C@H](O)[C@H](N)c1ccc2[nH]ccc2c1. The Hall–Kier alpha value is -1.32. The minimum Gasteiger partial charge on any atom is -0.391 e. The Bertz CT molecular complexity index is 475. The molecule has 3 heteroatoms. The lowest BCUT2D eigenvalue weighted by atomic mass is 9.94. The first-order valence-electron chi connectivity index (χ1n) is 5.60. The molecule has 0 aliphatic heterocycles. The van der Waals surface area contributed by atoms with Crippen molar-refractivity contribution in [2.45, 2.75) is 26.0 Å². The van der Waals surface area contributed by atoms with Crippen LogP contribution in [0.2, 0.25) is 0 Å². The van der Waals surface area contributed by atoms with E-state index in [0.717, 1.165) is 16.5 Å². The fraction of sp³-hybridized carbons (Fsp3) is 0.385. The third-order valence-electron chi connectivity index (χ3n) is 3.01. The van der Waals surface area contributed by atoms with Gasteiger partial charge >= 0.3 is 0 Å². The van der Waals surface area contributed by atoms with Gasteiger partial charge in [0.15, 0.2) is 0 Å². The summed E-state index contributed by atoms with van der Waals surface area (Å²) in [5.41, 5.74) is 8.11. The number of rotatable bonds is 3. The molecule has 1 heterocycles. The highest BCUT2D eigenvalue weighted by molar-refractivity contribution is 5.80.